The Labute approximate surface area is 236 Å². The topological polar surface area (TPSA) is 102 Å². The number of fused-ring (bicyclic) bond motifs is 1. The van der Waals surface area contributed by atoms with Gasteiger partial charge in [-0.3, -0.25) is 0 Å². The maximum atomic E-state index is 13.1. The molecule has 0 atom stereocenters. The van der Waals surface area contributed by atoms with E-state index in [2.05, 4.69) is 57.7 Å². The number of alkyl halides is 3. The van der Waals surface area contributed by atoms with Gasteiger partial charge in [-0.1, -0.05) is 24.3 Å². The van der Waals surface area contributed by atoms with Crippen LogP contribution in [0.2, 0.25) is 0 Å². The zero-order chi connectivity index (χ0) is 29.2. The van der Waals surface area contributed by atoms with Gasteiger partial charge in [-0.2, -0.15) is 18.4 Å². The van der Waals surface area contributed by atoms with Gasteiger partial charge in [0.2, 0.25) is 5.95 Å². The molecule has 1 fully saturated rings. The third-order valence-corrected chi connectivity index (χ3v) is 6.75. The third kappa shape index (κ3) is 6.66. The van der Waals surface area contributed by atoms with Gasteiger partial charge in [0.25, 0.3) is 0 Å². The highest BCUT2D eigenvalue weighted by atomic mass is 19.4. The van der Waals surface area contributed by atoms with Crippen LogP contribution in [0.4, 0.5) is 42.0 Å². The SMILES string of the molecule is CC(C)(C)NC1CCN(c2c(C#N)c(Nc3cccc(Nc4nccc(C(F)(F)F)n4)c3)nc3ccccc23)CC1. The number of hydrogen-bond donors (Lipinski definition) is 3. The molecule has 2 aromatic carbocycles. The summed E-state index contributed by atoms with van der Waals surface area (Å²) in [7, 11) is 0. The quantitative estimate of drug-likeness (QED) is 0.238. The van der Waals surface area contributed by atoms with Gasteiger partial charge >= 0.3 is 6.18 Å². The van der Waals surface area contributed by atoms with Crippen LogP contribution in [0.1, 0.15) is 44.9 Å². The zero-order valence-corrected chi connectivity index (χ0v) is 23.0. The van der Waals surface area contributed by atoms with Crippen LogP contribution >= 0.6 is 0 Å². The Bertz CT molecular complexity index is 1580. The molecule has 0 aliphatic carbocycles. The molecule has 1 saturated heterocycles. The standard InChI is InChI=1S/C30H31F3N8/c1-29(2,3)40-19-12-15-41(16-13-19)26-22-9-4-5-10-24(22)38-27(23(26)18-34)36-20-7-6-8-21(17-20)37-28-35-14-11-25(39-28)30(31,32)33/h4-11,14,17,19,40H,12-13,15-16H2,1-3H3,(H,36,38)(H,35,37,39). The van der Waals surface area contributed by atoms with E-state index in [4.69, 9.17) is 4.98 Å². The minimum absolute atomic E-state index is 0.0295. The van der Waals surface area contributed by atoms with Crippen molar-refractivity contribution in [2.75, 3.05) is 28.6 Å². The van der Waals surface area contributed by atoms with Crippen molar-refractivity contribution < 1.29 is 13.2 Å². The summed E-state index contributed by atoms with van der Waals surface area (Å²) in [6.45, 7) is 8.09. The smallest absolute Gasteiger partial charge is 0.370 e. The average molecular weight is 561 g/mol. The number of pyridine rings is 1. The minimum atomic E-state index is -4.58. The van der Waals surface area contributed by atoms with E-state index in [0.29, 0.717) is 28.8 Å². The maximum Gasteiger partial charge on any atom is 0.433 e. The summed E-state index contributed by atoms with van der Waals surface area (Å²) >= 11 is 0. The number of piperidine rings is 1. The average Bonchev–Trinajstić information content (AvgIpc) is 2.92. The highest BCUT2D eigenvalue weighted by Gasteiger charge is 2.33. The fraction of sp³-hybridized carbons (Fsp3) is 0.333. The first kappa shape index (κ1) is 28.1. The summed E-state index contributed by atoms with van der Waals surface area (Å²) in [4.78, 5) is 14.5. The lowest BCUT2D eigenvalue weighted by Crippen LogP contribution is -2.49. The van der Waals surface area contributed by atoms with E-state index in [0.717, 1.165) is 54.8 Å². The van der Waals surface area contributed by atoms with Crippen LogP contribution in [0.5, 0.6) is 0 Å². The van der Waals surface area contributed by atoms with Gasteiger partial charge in [-0.25, -0.2) is 15.0 Å². The lowest BCUT2D eigenvalue weighted by atomic mass is 9.98. The van der Waals surface area contributed by atoms with Crippen molar-refractivity contribution in [2.24, 2.45) is 0 Å². The molecule has 0 radical (unpaired) electrons. The van der Waals surface area contributed by atoms with Gasteiger partial charge in [0.05, 0.1) is 11.2 Å². The van der Waals surface area contributed by atoms with Crippen LogP contribution in [0, 0.1) is 11.3 Å². The summed E-state index contributed by atoms with van der Waals surface area (Å²) in [5.74, 6) is 0.230. The molecule has 0 unspecified atom stereocenters. The van der Waals surface area contributed by atoms with Crippen LogP contribution < -0.4 is 20.9 Å². The van der Waals surface area contributed by atoms with Crippen LogP contribution in [0.3, 0.4) is 0 Å². The van der Waals surface area contributed by atoms with Crippen molar-refractivity contribution in [3.63, 3.8) is 0 Å². The second-order valence-corrected chi connectivity index (χ2v) is 11.1. The third-order valence-electron chi connectivity index (χ3n) is 6.75. The molecule has 8 nitrogen and oxygen atoms in total. The number of anilines is 5. The van der Waals surface area contributed by atoms with Crippen LogP contribution in [-0.4, -0.2) is 39.6 Å². The summed E-state index contributed by atoms with van der Waals surface area (Å²) in [5.41, 5.74) is 2.11. The molecule has 4 aromatic rings. The predicted molar refractivity (Wildman–Crippen MR) is 155 cm³/mol. The number of halogens is 3. The first-order chi connectivity index (χ1) is 19.5. The Balaban J connectivity index is 1.43. The number of benzene rings is 2. The van der Waals surface area contributed by atoms with E-state index in [1.165, 1.54) is 0 Å². The molecule has 41 heavy (non-hydrogen) atoms. The molecule has 3 heterocycles. The molecule has 212 valence electrons. The Morgan fingerprint density at radius 2 is 1.63 bits per heavy atom. The van der Waals surface area contributed by atoms with Crippen molar-refractivity contribution in [3.8, 4) is 6.07 Å². The van der Waals surface area contributed by atoms with E-state index in [1.54, 1.807) is 24.3 Å². The lowest BCUT2D eigenvalue weighted by Gasteiger charge is -2.38. The highest BCUT2D eigenvalue weighted by molar-refractivity contribution is 5.98. The van der Waals surface area contributed by atoms with Crippen molar-refractivity contribution in [1.82, 2.24) is 20.3 Å². The molecule has 1 aliphatic rings. The number of para-hydroxylation sites is 1. The van der Waals surface area contributed by atoms with E-state index in [1.807, 2.05) is 24.3 Å². The van der Waals surface area contributed by atoms with Gasteiger partial charge in [-0.15, -0.1) is 0 Å². The van der Waals surface area contributed by atoms with Crippen molar-refractivity contribution in [1.29, 1.82) is 5.26 Å². The zero-order valence-electron chi connectivity index (χ0n) is 23.0. The Kier molecular flexibility index (Phi) is 7.69. The van der Waals surface area contributed by atoms with Crippen molar-refractivity contribution in [2.45, 2.75) is 51.4 Å². The molecule has 0 spiro atoms. The Hall–Kier alpha value is -4.43. The molecule has 1 aliphatic heterocycles. The molecule has 5 rings (SSSR count). The van der Waals surface area contributed by atoms with E-state index >= 15 is 0 Å². The molecule has 2 aromatic heterocycles. The fourth-order valence-electron chi connectivity index (χ4n) is 5.10. The maximum absolute atomic E-state index is 13.1. The molecular weight excluding hydrogens is 529 g/mol. The molecule has 0 amide bonds. The van der Waals surface area contributed by atoms with E-state index in [9.17, 15) is 18.4 Å². The van der Waals surface area contributed by atoms with E-state index < -0.39 is 11.9 Å². The van der Waals surface area contributed by atoms with Crippen LogP contribution in [0.25, 0.3) is 10.9 Å². The normalized spacial score (nSPS) is 14.6. The minimum Gasteiger partial charge on any atom is -0.370 e. The number of nitriles is 1. The second kappa shape index (κ2) is 11.2. The Morgan fingerprint density at radius 3 is 2.32 bits per heavy atom. The monoisotopic (exact) mass is 560 g/mol. The number of aromatic nitrogens is 3. The summed E-state index contributed by atoms with van der Waals surface area (Å²) in [6.07, 6.45) is -1.62. The van der Waals surface area contributed by atoms with E-state index in [-0.39, 0.29) is 11.5 Å². The number of nitrogens with one attached hydrogen (secondary N) is 3. The molecular formula is C30H31F3N8. The first-order valence-corrected chi connectivity index (χ1v) is 13.4. The molecule has 0 bridgehead atoms. The van der Waals surface area contributed by atoms with Crippen LogP contribution in [0.15, 0.2) is 60.8 Å². The van der Waals surface area contributed by atoms with Gasteiger partial charge in [0.15, 0.2) is 5.82 Å². The summed E-state index contributed by atoms with van der Waals surface area (Å²) < 4.78 is 39.2. The summed E-state index contributed by atoms with van der Waals surface area (Å²) in [5, 5.41) is 21.0. The lowest BCUT2D eigenvalue weighted by molar-refractivity contribution is -0.141. The van der Waals surface area contributed by atoms with Crippen molar-refractivity contribution in [3.05, 3.63) is 72.1 Å². The number of rotatable bonds is 6. The first-order valence-electron chi connectivity index (χ1n) is 13.4. The molecule has 3 N–H and O–H groups in total. The second-order valence-electron chi connectivity index (χ2n) is 11.1. The van der Waals surface area contributed by atoms with Gasteiger partial charge < -0.3 is 20.9 Å². The van der Waals surface area contributed by atoms with Gasteiger partial charge in [-0.05, 0) is 63.9 Å². The predicted octanol–water partition coefficient (Wildman–Crippen LogP) is 6.76. The molecule has 11 heteroatoms. The van der Waals surface area contributed by atoms with Gasteiger partial charge in [0, 0.05) is 47.6 Å². The Morgan fingerprint density at radius 1 is 0.927 bits per heavy atom. The molecule has 0 saturated carbocycles. The highest BCUT2D eigenvalue weighted by Crippen LogP contribution is 2.37. The summed E-state index contributed by atoms with van der Waals surface area (Å²) in [6, 6.07) is 18.3. The van der Waals surface area contributed by atoms with Gasteiger partial charge in [0.1, 0.15) is 17.3 Å². The fourth-order valence-corrected chi connectivity index (χ4v) is 5.10. The van der Waals surface area contributed by atoms with Crippen LogP contribution in [-0.2, 0) is 6.18 Å². The number of nitrogens with zero attached hydrogens (tertiary/aromatic N) is 5. The largest absolute Gasteiger partial charge is 0.433 e. The number of hydrogen-bond acceptors (Lipinski definition) is 8. The van der Waals surface area contributed by atoms with Crippen molar-refractivity contribution >= 4 is 39.7 Å².